The Balaban J connectivity index is 0. The molecule has 1 aliphatic heterocycles. The first kappa shape index (κ1) is 19.7. The lowest BCUT2D eigenvalue weighted by atomic mass is 10.1. The van der Waals surface area contributed by atoms with Crippen molar-refractivity contribution in [2.45, 2.75) is 34.1 Å². The van der Waals surface area contributed by atoms with Gasteiger partial charge in [0, 0.05) is 13.1 Å². The Bertz CT molecular complexity index is 215. The number of allylic oxidation sites excluding steroid dienone is 4. The van der Waals surface area contributed by atoms with Crippen LogP contribution in [0.4, 0.5) is 0 Å². The summed E-state index contributed by atoms with van der Waals surface area (Å²) in [6, 6.07) is 0. The summed E-state index contributed by atoms with van der Waals surface area (Å²) in [6.45, 7) is 7.56. The third-order valence-electron chi connectivity index (χ3n) is 2.68. The molecule has 1 heterocycles. The maximum Gasteiger partial charge on any atom is 0.0572 e. The molecule has 0 aromatic heterocycles. The first-order valence-corrected chi connectivity index (χ1v) is 6.46. The average molecular weight is 256 g/mol. The first-order chi connectivity index (χ1) is 8.24. The number of nitrogens with zero attached hydrogens (tertiary/aromatic N) is 1. The van der Waals surface area contributed by atoms with E-state index in [9.17, 15) is 0 Å². The number of rotatable bonds is 5. The van der Waals surface area contributed by atoms with Gasteiger partial charge in [0.15, 0.2) is 0 Å². The molecule has 0 aliphatic carbocycles. The largest absolute Gasteiger partial charge is 0.306 e. The van der Waals surface area contributed by atoms with Gasteiger partial charge in [-0.1, -0.05) is 38.7 Å². The molecular formula is C15H32N2O. The lowest BCUT2D eigenvalue weighted by Gasteiger charge is -2.09. The van der Waals surface area contributed by atoms with E-state index in [-0.39, 0.29) is 7.43 Å². The smallest absolute Gasteiger partial charge is 0.0572 e. The highest BCUT2D eigenvalue weighted by atomic mass is 16.6. The molecule has 1 unspecified atom stereocenters. The zero-order valence-corrected chi connectivity index (χ0v) is 11.8. The van der Waals surface area contributed by atoms with Crippen molar-refractivity contribution in [2.75, 3.05) is 33.8 Å². The van der Waals surface area contributed by atoms with Crippen LogP contribution in [0.5, 0.6) is 0 Å². The Labute approximate surface area is 114 Å². The Morgan fingerprint density at radius 1 is 1.39 bits per heavy atom. The van der Waals surface area contributed by atoms with Crippen LogP contribution in [0, 0.1) is 5.92 Å². The van der Waals surface area contributed by atoms with Gasteiger partial charge in [0.1, 0.15) is 0 Å². The summed E-state index contributed by atoms with van der Waals surface area (Å²) in [5, 5.41) is 0. The van der Waals surface area contributed by atoms with E-state index in [4.69, 9.17) is 4.84 Å². The molecule has 1 fully saturated rings. The van der Waals surface area contributed by atoms with Gasteiger partial charge >= 0.3 is 0 Å². The fraction of sp³-hybridized carbons (Fsp3) is 0.733. The van der Waals surface area contributed by atoms with Crippen LogP contribution in [0.3, 0.4) is 0 Å². The minimum atomic E-state index is 0. The molecule has 108 valence electrons. The Morgan fingerprint density at radius 2 is 2.11 bits per heavy atom. The molecule has 0 aromatic carbocycles. The highest BCUT2D eigenvalue weighted by Gasteiger charge is 2.18. The van der Waals surface area contributed by atoms with Crippen LogP contribution < -0.4 is 5.48 Å². The molecule has 1 N–H and O–H groups in total. The molecule has 3 nitrogen and oxygen atoms in total. The summed E-state index contributed by atoms with van der Waals surface area (Å²) < 4.78 is 0. The molecule has 3 heteroatoms. The van der Waals surface area contributed by atoms with Crippen molar-refractivity contribution in [2.24, 2.45) is 5.92 Å². The van der Waals surface area contributed by atoms with Crippen molar-refractivity contribution >= 4 is 0 Å². The summed E-state index contributed by atoms with van der Waals surface area (Å²) in [5.41, 5.74) is 2.88. The number of likely N-dealkylation sites (tertiary alicyclic amines) is 1. The Hall–Kier alpha value is -0.640. The van der Waals surface area contributed by atoms with Gasteiger partial charge in [-0.25, -0.2) is 5.48 Å². The number of nitrogens with one attached hydrogen (secondary N) is 1. The fourth-order valence-corrected chi connectivity index (χ4v) is 1.72. The molecule has 0 saturated carbocycles. The van der Waals surface area contributed by atoms with Gasteiger partial charge in [0.2, 0.25) is 0 Å². The predicted molar refractivity (Wildman–Crippen MR) is 81.6 cm³/mol. The number of hydrogen-bond donors (Lipinski definition) is 1. The van der Waals surface area contributed by atoms with Crippen LogP contribution in [-0.2, 0) is 4.84 Å². The summed E-state index contributed by atoms with van der Waals surface area (Å²) in [7, 11) is 3.82. The second-order valence-electron chi connectivity index (χ2n) is 4.33. The van der Waals surface area contributed by atoms with Crippen LogP contribution in [0.25, 0.3) is 0 Å². The Morgan fingerprint density at radius 3 is 2.56 bits per heavy atom. The van der Waals surface area contributed by atoms with E-state index in [1.165, 1.54) is 19.5 Å². The Kier molecular flexibility index (Phi) is 15.8. The topological polar surface area (TPSA) is 24.5 Å². The van der Waals surface area contributed by atoms with Gasteiger partial charge in [0.25, 0.3) is 0 Å². The van der Waals surface area contributed by atoms with Crippen molar-refractivity contribution in [1.82, 2.24) is 10.4 Å². The summed E-state index contributed by atoms with van der Waals surface area (Å²) in [6.07, 6.45) is 10.7. The second-order valence-corrected chi connectivity index (χ2v) is 4.33. The quantitative estimate of drug-likeness (QED) is 0.603. The summed E-state index contributed by atoms with van der Waals surface area (Å²) in [4.78, 5) is 7.12. The molecular weight excluding hydrogens is 224 g/mol. The molecule has 0 spiro atoms. The molecule has 1 saturated heterocycles. The normalized spacial score (nSPS) is 19.9. The zero-order valence-electron chi connectivity index (χ0n) is 11.8. The molecule has 1 atom stereocenters. The number of hydroxylamine groups is 1. The predicted octanol–water partition coefficient (Wildman–Crippen LogP) is 3.25. The van der Waals surface area contributed by atoms with Gasteiger partial charge < -0.3 is 9.74 Å². The molecule has 1 aliphatic rings. The van der Waals surface area contributed by atoms with Crippen LogP contribution >= 0.6 is 0 Å². The van der Waals surface area contributed by atoms with E-state index in [2.05, 4.69) is 36.5 Å². The third kappa shape index (κ3) is 11.8. The average Bonchev–Trinajstić information content (AvgIpc) is 2.74. The van der Waals surface area contributed by atoms with E-state index in [1.54, 1.807) is 7.11 Å². The van der Waals surface area contributed by atoms with Crippen molar-refractivity contribution < 1.29 is 4.84 Å². The monoisotopic (exact) mass is 256 g/mol. The van der Waals surface area contributed by atoms with Crippen LogP contribution in [0.1, 0.15) is 34.1 Å². The van der Waals surface area contributed by atoms with Gasteiger partial charge in [-0.2, -0.15) is 0 Å². The molecule has 18 heavy (non-hydrogen) atoms. The highest BCUT2D eigenvalue weighted by Crippen LogP contribution is 2.12. The SMILES string of the molecule is C.C/C=C\C=C/CC.CONCC1CCN(C)C1. The molecule has 0 bridgehead atoms. The van der Waals surface area contributed by atoms with Crippen molar-refractivity contribution in [3.05, 3.63) is 24.3 Å². The lowest BCUT2D eigenvalue weighted by Crippen LogP contribution is -2.24. The first-order valence-electron chi connectivity index (χ1n) is 6.46. The fourth-order valence-electron chi connectivity index (χ4n) is 1.72. The zero-order chi connectivity index (χ0) is 12.9. The van der Waals surface area contributed by atoms with E-state index < -0.39 is 0 Å². The van der Waals surface area contributed by atoms with Gasteiger partial charge in [-0.05, 0) is 39.3 Å². The maximum atomic E-state index is 4.77. The van der Waals surface area contributed by atoms with Crippen molar-refractivity contribution in [3.63, 3.8) is 0 Å². The highest BCUT2D eigenvalue weighted by molar-refractivity contribution is 5.00. The van der Waals surface area contributed by atoms with E-state index in [0.717, 1.165) is 18.9 Å². The molecule has 0 amide bonds. The van der Waals surface area contributed by atoms with Gasteiger partial charge in [-0.3, -0.25) is 0 Å². The third-order valence-corrected chi connectivity index (χ3v) is 2.68. The molecule has 0 radical (unpaired) electrons. The lowest BCUT2D eigenvalue weighted by molar-refractivity contribution is 0.0808. The second kappa shape index (κ2) is 14.4. The van der Waals surface area contributed by atoms with Gasteiger partial charge in [-0.15, -0.1) is 0 Å². The maximum absolute atomic E-state index is 4.77. The van der Waals surface area contributed by atoms with E-state index >= 15 is 0 Å². The summed E-state index contributed by atoms with van der Waals surface area (Å²) >= 11 is 0. The van der Waals surface area contributed by atoms with Crippen molar-refractivity contribution in [1.29, 1.82) is 0 Å². The van der Waals surface area contributed by atoms with Crippen LogP contribution in [0.2, 0.25) is 0 Å². The van der Waals surface area contributed by atoms with Crippen LogP contribution in [0.15, 0.2) is 24.3 Å². The van der Waals surface area contributed by atoms with E-state index in [1.807, 2.05) is 19.1 Å². The minimum Gasteiger partial charge on any atom is -0.306 e. The van der Waals surface area contributed by atoms with Crippen LogP contribution in [-0.4, -0.2) is 38.7 Å². The van der Waals surface area contributed by atoms with Gasteiger partial charge in [0.05, 0.1) is 7.11 Å². The number of hydrogen-bond acceptors (Lipinski definition) is 3. The van der Waals surface area contributed by atoms with Crippen molar-refractivity contribution in [3.8, 4) is 0 Å². The molecule has 0 aromatic rings. The standard InChI is InChI=1S/C7H16N2O.C7H12.CH4/c1-9-4-3-7(6-9)5-8-10-2;1-3-5-7-6-4-2;/h7-8H,3-6H2,1-2H3;3,5-7H,4H2,1-2H3;1H4/b;5-3-,7-6-;. The minimum absolute atomic E-state index is 0. The summed E-state index contributed by atoms with van der Waals surface area (Å²) in [5.74, 6) is 0.782. The molecule has 1 rings (SSSR count). The van der Waals surface area contributed by atoms with E-state index in [0.29, 0.717) is 0 Å².